The minimum atomic E-state index is 0.287. The number of aromatic nitrogens is 2. The van der Waals surface area contributed by atoms with Crippen LogP contribution in [0.3, 0.4) is 0 Å². The molecular weight excluding hydrogens is 240 g/mol. The summed E-state index contributed by atoms with van der Waals surface area (Å²) < 4.78 is 0. The fourth-order valence-corrected chi connectivity index (χ4v) is 3.01. The van der Waals surface area contributed by atoms with Gasteiger partial charge in [-0.05, 0) is 18.6 Å². The predicted molar refractivity (Wildman–Crippen MR) is 71.9 cm³/mol. The van der Waals surface area contributed by atoms with E-state index in [1.807, 2.05) is 11.8 Å². The standard InChI is InChI=1S/C10H14N4S2/c11-9(15)8-10(13-4-3-12-8)14-6-7-2-1-5-16-7/h3-4,7H,1-2,5-6H2,(H2,11,15)(H,13,14). The van der Waals surface area contributed by atoms with Crippen LogP contribution in [0.25, 0.3) is 0 Å². The van der Waals surface area contributed by atoms with E-state index in [0.717, 1.165) is 6.54 Å². The van der Waals surface area contributed by atoms with Gasteiger partial charge in [-0.15, -0.1) is 0 Å². The lowest BCUT2D eigenvalue weighted by molar-refractivity contribution is 0.803. The van der Waals surface area contributed by atoms with Crippen LogP contribution in [0.2, 0.25) is 0 Å². The van der Waals surface area contributed by atoms with Crippen molar-refractivity contribution in [1.29, 1.82) is 0 Å². The summed E-state index contributed by atoms with van der Waals surface area (Å²) in [5, 5.41) is 3.94. The lowest BCUT2D eigenvalue weighted by atomic mass is 10.2. The second-order valence-corrected chi connectivity index (χ2v) is 5.48. The van der Waals surface area contributed by atoms with Crippen molar-refractivity contribution < 1.29 is 0 Å². The number of thioether (sulfide) groups is 1. The molecule has 0 aromatic carbocycles. The topological polar surface area (TPSA) is 63.8 Å². The molecule has 1 fully saturated rings. The Kier molecular flexibility index (Phi) is 3.95. The van der Waals surface area contributed by atoms with E-state index in [4.69, 9.17) is 18.0 Å². The first-order chi connectivity index (χ1) is 7.77. The first-order valence-corrected chi connectivity index (χ1v) is 6.69. The maximum Gasteiger partial charge on any atom is 0.155 e. The summed E-state index contributed by atoms with van der Waals surface area (Å²) in [6, 6.07) is 0. The van der Waals surface area contributed by atoms with Crippen molar-refractivity contribution in [2.75, 3.05) is 17.6 Å². The van der Waals surface area contributed by atoms with Crippen molar-refractivity contribution in [1.82, 2.24) is 9.97 Å². The lowest BCUT2D eigenvalue weighted by Gasteiger charge is -2.12. The summed E-state index contributed by atoms with van der Waals surface area (Å²) in [4.78, 5) is 8.62. The Hall–Kier alpha value is -0.880. The summed E-state index contributed by atoms with van der Waals surface area (Å²) in [5.74, 6) is 1.96. The highest BCUT2D eigenvalue weighted by Gasteiger charge is 2.16. The van der Waals surface area contributed by atoms with E-state index in [1.54, 1.807) is 12.4 Å². The van der Waals surface area contributed by atoms with Crippen molar-refractivity contribution >= 4 is 34.8 Å². The van der Waals surface area contributed by atoms with Crippen molar-refractivity contribution in [3.63, 3.8) is 0 Å². The molecule has 0 bridgehead atoms. The number of nitrogens with two attached hydrogens (primary N) is 1. The van der Waals surface area contributed by atoms with Gasteiger partial charge in [-0.25, -0.2) is 9.97 Å². The zero-order chi connectivity index (χ0) is 11.4. The molecule has 0 spiro atoms. The summed E-state index contributed by atoms with van der Waals surface area (Å²) >= 11 is 6.93. The van der Waals surface area contributed by atoms with Crippen LogP contribution in [0.4, 0.5) is 5.82 Å². The van der Waals surface area contributed by atoms with Gasteiger partial charge >= 0.3 is 0 Å². The van der Waals surface area contributed by atoms with E-state index in [2.05, 4.69) is 15.3 Å². The van der Waals surface area contributed by atoms with Gasteiger partial charge in [-0.2, -0.15) is 11.8 Å². The van der Waals surface area contributed by atoms with Gasteiger partial charge in [-0.3, -0.25) is 0 Å². The first kappa shape index (κ1) is 11.6. The minimum Gasteiger partial charge on any atom is -0.388 e. The Morgan fingerprint density at radius 1 is 1.56 bits per heavy atom. The zero-order valence-electron chi connectivity index (χ0n) is 8.85. The fraction of sp³-hybridized carbons (Fsp3) is 0.500. The van der Waals surface area contributed by atoms with Crippen molar-refractivity contribution in [3.8, 4) is 0 Å². The Labute approximate surface area is 104 Å². The molecule has 2 rings (SSSR count). The van der Waals surface area contributed by atoms with Gasteiger partial charge in [0, 0.05) is 24.2 Å². The maximum atomic E-state index is 5.58. The van der Waals surface area contributed by atoms with Crippen LogP contribution in [0.15, 0.2) is 12.4 Å². The minimum absolute atomic E-state index is 0.287. The highest BCUT2D eigenvalue weighted by molar-refractivity contribution is 8.00. The van der Waals surface area contributed by atoms with Gasteiger partial charge in [0.2, 0.25) is 0 Å². The van der Waals surface area contributed by atoms with E-state index >= 15 is 0 Å². The molecule has 2 heterocycles. The highest BCUT2D eigenvalue weighted by atomic mass is 32.2. The van der Waals surface area contributed by atoms with Crippen LogP contribution in [0, 0.1) is 0 Å². The van der Waals surface area contributed by atoms with Gasteiger partial charge in [-0.1, -0.05) is 12.2 Å². The fourth-order valence-electron chi connectivity index (χ4n) is 1.66. The van der Waals surface area contributed by atoms with E-state index in [1.165, 1.54) is 18.6 Å². The number of rotatable bonds is 4. The molecular formula is C10H14N4S2. The van der Waals surface area contributed by atoms with Crippen LogP contribution in [0.1, 0.15) is 18.5 Å². The zero-order valence-corrected chi connectivity index (χ0v) is 10.5. The van der Waals surface area contributed by atoms with Crippen molar-refractivity contribution in [2.45, 2.75) is 18.1 Å². The van der Waals surface area contributed by atoms with E-state index in [-0.39, 0.29) is 4.99 Å². The van der Waals surface area contributed by atoms with Gasteiger partial charge in [0.25, 0.3) is 0 Å². The van der Waals surface area contributed by atoms with Crippen molar-refractivity contribution in [2.24, 2.45) is 5.73 Å². The number of hydrogen-bond acceptors (Lipinski definition) is 5. The molecule has 1 unspecified atom stereocenters. The van der Waals surface area contributed by atoms with Gasteiger partial charge in [0.1, 0.15) is 10.7 Å². The Bertz CT molecular complexity index is 377. The lowest BCUT2D eigenvalue weighted by Crippen LogP contribution is -2.20. The molecule has 1 aliphatic rings. The first-order valence-electron chi connectivity index (χ1n) is 5.23. The molecule has 16 heavy (non-hydrogen) atoms. The highest BCUT2D eigenvalue weighted by Crippen LogP contribution is 2.26. The van der Waals surface area contributed by atoms with Crippen LogP contribution in [-0.4, -0.2) is 32.5 Å². The third kappa shape index (κ3) is 2.82. The number of thiocarbonyl (C=S) groups is 1. The van der Waals surface area contributed by atoms with Gasteiger partial charge in [0.05, 0.1) is 0 Å². The average molecular weight is 254 g/mol. The molecule has 3 N–H and O–H groups in total. The monoisotopic (exact) mass is 254 g/mol. The van der Waals surface area contributed by atoms with Crippen LogP contribution in [0.5, 0.6) is 0 Å². The Balaban J connectivity index is 2.00. The summed E-state index contributed by atoms with van der Waals surface area (Å²) in [6.45, 7) is 0.902. The third-order valence-corrected chi connectivity index (χ3v) is 4.04. The van der Waals surface area contributed by atoms with Gasteiger partial charge < -0.3 is 11.1 Å². The second-order valence-electron chi connectivity index (χ2n) is 3.63. The molecule has 1 saturated heterocycles. The normalized spacial score (nSPS) is 19.6. The number of anilines is 1. The van der Waals surface area contributed by atoms with Crippen molar-refractivity contribution in [3.05, 3.63) is 18.1 Å². The molecule has 1 atom stereocenters. The second kappa shape index (κ2) is 5.45. The molecule has 6 heteroatoms. The van der Waals surface area contributed by atoms with Crippen LogP contribution >= 0.6 is 24.0 Å². The summed E-state index contributed by atoms with van der Waals surface area (Å²) in [6.07, 6.45) is 5.82. The molecule has 0 amide bonds. The van der Waals surface area contributed by atoms with Gasteiger partial charge in [0.15, 0.2) is 5.82 Å². The molecule has 0 aliphatic carbocycles. The van der Waals surface area contributed by atoms with E-state index < -0.39 is 0 Å². The molecule has 1 aromatic heterocycles. The predicted octanol–water partition coefficient (Wildman–Crippen LogP) is 1.42. The summed E-state index contributed by atoms with van der Waals surface area (Å²) in [7, 11) is 0. The molecule has 1 aromatic rings. The number of nitrogens with one attached hydrogen (secondary N) is 1. The maximum absolute atomic E-state index is 5.58. The largest absolute Gasteiger partial charge is 0.388 e. The molecule has 86 valence electrons. The van der Waals surface area contributed by atoms with E-state index in [9.17, 15) is 0 Å². The van der Waals surface area contributed by atoms with Crippen LogP contribution < -0.4 is 11.1 Å². The molecule has 0 saturated carbocycles. The summed E-state index contributed by atoms with van der Waals surface area (Å²) in [5.41, 5.74) is 6.17. The van der Waals surface area contributed by atoms with E-state index in [0.29, 0.717) is 16.8 Å². The SMILES string of the molecule is NC(=S)c1nccnc1NCC1CCCS1. The number of nitrogens with zero attached hydrogens (tertiary/aromatic N) is 2. The van der Waals surface area contributed by atoms with Crippen LogP contribution in [-0.2, 0) is 0 Å². The molecule has 0 radical (unpaired) electrons. The molecule has 1 aliphatic heterocycles. The Morgan fingerprint density at radius 3 is 3.06 bits per heavy atom. The molecule has 4 nitrogen and oxygen atoms in total. The quantitative estimate of drug-likeness (QED) is 0.792. The Morgan fingerprint density at radius 2 is 2.38 bits per heavy atom. The average Bonchev–Trinajstić information content (AvgIpc) is 2.79. The number of hydrogen-bond donors (Lipinski definition) is 2. The third-order valence-electron chi connectivity index (χ3n) is 2.45. The smallest absolute Gasteiger partial charge is 0.155 e.